The van der Waals surface area contributed by atoms with Crippen molar-refractivity contribution in [1.29, 1.82) is 0 Å². The van der Waals surface area contributed by atoms with E-state index in [-0.39, 0.29) is 18.4 Å². The van der Waals surface area contributed by atoms with Crippen molar-refractivity contribution in [3.05, 3.63) is 0 Å². The number of morpholine rings is 1. The molecule has 0 radical (unpaired) electrons. The van der Waals surface area contributed by atoms with Gasteiger partial charge in [-0.05, 0) is 20.8 Å². The Hall–Kier alpha value is 0.170. The number of rotatable bonds is 2. The molecule has 4 heteroatoms. The predicted molar refractivity (Wildman–Crippen MR) is 57.3 cm³/mol. The first-order valence-electron chi connectivity index (χ1n) is 4.70. The van der Waals surface area contributed by atoms with Crippen LogP contribution in [0.5, 0.6) is 0 Å². The summed E-state index contributed by atoms with van der Waals surface area (Å²) in [4.78, 5) is 2.42. The predicted octanol–water partition coefficient (Wildman–Crippen LogP) is 0.865. The Labute approximate surface area is 87.0 Å². The summed E-state index contributed by atoms with van der Waals surface area (Å²) in [5.41, 5.74) is 5.77. The van der Waals surface area contributed by atoms with Crippen molar-refractivity contribution in [1.82, 2.24) is 4.90 Å². The Bertz CT molecular complexity index is 134. The van der Waals surface area contributed by atoms with Gasteiger partial charge in [-0.25, -0.2) is 0 Å². The van der Waals surface area contributed by atoms with E-state index in [0.29, 0.717) is 12.1 Å². The van der Waals surface area contributed by atoms with Crippen molar-refractivity contribution in [2.45, 2.75) is 38.9 Å². The van der Waals surface area contributed by atoms with Gasteiger partial charge in [0.15, 0.2) is 0 Å². The summed E-state index contributed by atoms with van der Waals surface area (Å²) in [6, 6.07) is 1.28. The minimum atomic E-state index is 0. The minimum absolute atomic E-state index is 0. The molecular weight excluding hydrogens is 188 g/mol. The quantitative estimate of drug-likeness (QED) is 0.732. The lowest BCUT2D eigenvalue weighted by atomic mass is 10.1. The van der Waals surface area contributed by atoms with Gasteiger partial charge in [0.05, 0.1) is 13.2 Å². The van der Waals surface area contributed by atoms with Crippen LogP contribution < -0.4 is 5.73 Å². The molecule has 0 aromatic rings. The van der Waals surface area contributed by atoms with Crippen LogP contribution in [-0.4, -0.2) is 42.8 Å². The first-order chi connectivity index (χ1) is 5.61. The fourth-order valence-electron chi connectivity index (χ4n) is 1.73. The largest absolute Gasteiger partial charge is 0.378 e. The van der Waals surface area contributed by atoms with Crippen LogP contribution in [0.25, 0.3) is 0 Å². The van der Waals surface area contributed by atoms with E-state index in [1.54, 1.807) is 0 Å². The molecule has 1 aliphatic heterocycles. The highest BCUT2D eigenvalue weighted by atomic mass is 35.5. The smallest absolute Gasteiger partial charge is 0.0620 e. The maximum atomic E-state index is 5.77. The molecule has 3 nitrogen and oxygen atoms in total. The Morgan fingerprint density at radius 2 is 1.85 bits per heavy atom. The van der Waals surface area contributed by atoms with E-state index in [1.807, 2.05) is 0 Å². The summed E-state index contributed by atoms with van der Waals surface area (Å²) in [5, 5.41) is 0. The average Bonchev–Trinajstić information content (AvgIpc) is 1.97. The van der Waals surface area contributed by atoms with Gasteiger partial charge in [-0.15, -0.1) is 12.4 Å². The van der Waals surface area contributed by atoms with E-state index in [1.165, 1.54) is 0 Å². The van der Waals surface area contributed by atoms with Gasteiger partial charge in [-0.2, -0.15) is 0 Å². The monoisotopic (exact) mass is 208 g/mol. The van der Waals surface area contributed by atoms with Crippen LogP contribution in [0.15, 0.2) is 0 Å². The lowest BCUT2D eigenvalue weighted by Crippen LogP contribution is -2.52. The Kier molecular flexibility index (Phi) is 5.88. The molecular formula is C9H21ClN2O. The maximum Gasteiger partial charge on any atom is 0.0620 e. The number of hydrogen-bond donors (Lipinski definition) is 1. The fourth-order valence-corrected chi connectivity index (χ4v) is 1.73. The van der Waals surface area contributed by atoms with Crippen LogP contribution in [0.2, 0.25) is 0 Å². The molecule has 0 aromatic heterocycles. The molecule has 0 aliphatic carbocycles. The molecule has 0 bridgehead atoms. The van der Waals surface area contributed by atoms with Gasteiger partial charge in [0.25, 0.3) is 0 Å². The highest BCUT2D eigenvalue weighted by Gasteiger charge is 2.25. The molecule has 13 heavy (non-hydrogen) atoms. The normalized spacial score (nSPS) is 32.3. The average molecular weight is 209 g/mol. The van der Waals surface area contributed by atoms with Crippen molar-refractivity contribution in [3.63, 3.8) is 0 Å². The van der Waals surface area contributed by atoms with Crippen LogP contribution >= 0.6 is 12.4 Å². The summed E-state index contributed by atoms with van der Waals surface area (Å²) >= 11 is 0. The van der Waals surface area contributed by atoms with Crippen molar-refractivity contribution in [2.75, 3.05) is 19.8 Å². The van der Waals surface area contributed by atoms with Crippen LogP contribution in [0, 0.1) is 0 Å². The number of halogens is 1. The SMILES string of the molecule is CC(N)CN1C(C)COCC1C.Cl. The second-order valence-corrected chi connectivity index (χ2v) is 3.91. The summed E-state index contributed by atoms with van der Waals surface area (Å²) in [7, 11) is 0. The Morgan fingerprint density at radius 1 is 1.38 bits per heavy atom. The molecule has 0 amide bonds. The molecule has 3 atom stereocenters. The van der Waals surface area contributed by atoms with E-state index < -0.39 is 0 Å². The summed E-state index contributed by atoms with van der Waals surface area (Å²) < 4.78 is 5.42. The van der Waals surface area contributed by atoms with Crippen molar-refractivity contribution >= 4 is 12.4 Å². The van der Waals surface area contributed by atoms with Gasteiger partial charge in [-0.1, -0.05) is 0 Å². The van der Waals surface area contributed by atoms with E-state index >= 15 is 0 Å². The van der Waals surface area contributed by atoms with Crippen LogP contribution in [0.3, 0.4) is 0 Å². The zero-order valence-corrected chi connectivity index (χ0v) is 9.51. The topological polar surface area (TPSA) is 38.5 Å². The van der Waals surface area contributed by atoms with E-state index in [0.717, 1.165) is 19.8 Å². The molecule has 80 valence electrons. The maximum absolute atomic E-state index is 5.77. The van der Waals surface area contributed by atoms with Crippen molar-refractivity contribution in [3.8, 4) is 0 Å². The zero-order valence-electron chi connectivity index (χ0n) is 8.69. The fraction of sp³-hybridized carbons (Fsp3) is 1.00. The molecule has 0 saturated carbocycles. The van der Waals surface area contributed by atoms with Gasteiger partial charge in [0.1, 0.15) is 0 Å². The van der Waals surface area contributed by atoms with E-state index in [4.69, 9.17) is 10.5 Å². The van der Waals surface area contributed by atoms with Gasteiger partial charge < -0.3 is 10.5 Å². The first kappa shape index (κ1) is 13.2. The molecule has 2 N–H and O–H groups in total. The molecule has 1 aliphatic rings. The summed E-state index contributed by atoms with van der Waals surface area (Å²) in [6.45, 7) is 9.10. The molecule has 1 fully saturated rings. The second-order valence-electron chi connectivity index (χ2n) is 3.91. The van der Waals surface area contributed by atoms with Gasteiger partial charge in [0, 0.05) is 24.7 Å². The van der Waals surface area contributed by atoms with E-state index in [9.17, 15) is 0 Å². The lowest BCUT2D eigenvalue weighted by molar-refractivity contribution is -0.0381. The first-order valence-corrected chi connectivity index (χ1v) is 4.70. The number of hydrogen-bond acceptors (Lipinski definition) is 3. The van der Waals surface area contributed by atoms with Crippen LogP contribution in [0.4, 0.5) is 0 Å². The highest BCUT2D eigenvalue weighted by molar-refractivity contribution is 5.85. The van der Waals surface area contributed by atoms with Crippen LogP contribution in [-0.2, 0) is 4.74 Å². The lowest BCUT2D eigenvalue weighted by Gasteiger charge is -2.39. The third-order valence-corrected chi connectivity index (χ3v) is 2.35. The zero-order chi connectivity index (χ0) is 9.14. The molecule has 0 aromatic carbocycles. The second kappa shape index (κ2) is 5.81. The minimum Gasteiger partial charge on any atom is -0.378 e. The third-order valence-electron chi connectivity index (χ3n) is 2.35. The molecule has 3 unspecified atom stereocenters. The molecule has 1 heterocycles. The third kappa shape index (κ3) is 3.81. The molecule has 1 rings (SSSR count). The summed E-state index contributed by atoms with van der Waals surface area (Å²) in [6.07, 6.45) is 0. The van der Waals surface area contributed by atoms with Gasteiger partial charge in [0.2, 0.25) is 0 Å². The van der Waals surface area contributed by atoms with Gasteiger partial charge in [-0.3, -0.25) is 4.90 Å². The standard InChI is InChI=1S/C9H20N2O.ClH/c1-7(10)4-11-8(2)5-12-6-9(11)3;/h7-9H,4-6,10H2,1-3H3;1H. The van der Waals surface area contributed by atoms with Crippen molar-refractivity contribution in [2.24, 2.45) is 5.73 Å². The van der Waals surface area contributed by atoms with Gasteiger partial charge >= 0.3 is 0 Å². The Balaban J connectivity index is 0.00000144. The van der Waals surface area contributed by atoms with Crippen LogP contribution in [0.1, 0.15) is 20.8 Å². The van der Waals surface area contributed by atoms with Crippen molar-refractivity contribution < 1.29 is 4.74 Å². The molecule has 1 saturated heterocycles. The molecule has 0 spiro atoms. The van der Waals surface area contributed by atoms with E-state index in [2.05, 4.69) is 25.7 Å². The summed E-state index contributed by atoms with van der Waals surface area (Å²) in [5.74, 6) is 0. The number of ether oxygens (including phenoxy) is 1. The number of nitrogens with zero attached hydrogens (tertiary/aromatic N) is 1. The Morgan fingerprint density at radius 3 is 2.23 bits per heavy atom. The number of nitrogens with two attached hydrogens (primary N) is 1. The highest BCUT2D eigenvalue weighted by Crippen LogP contribution is 2.12.